The lowest BCUT2D eigenvalue weighted by atomic mass is 10.2. The summed E-state index contributed by atoms with van der Waals surface area (Å²) in [6.45, 7) is 1.64. The maximum Gasteiger partial charge on any atom is 0.130 e. The van der Waals surface area contributed by atoms with E-state index in [9.17, 15) is 4.79 Å². The third-order valence-corrected chi connectivity index (χ3v) is 2.58. The van der Waals surface area contributed by atoms with E-state index < -0.39 is 0 Å². The molecule has 0 aliphatic carbocycles. The zero-order valence-electron chi connectivity index (χ0n) is 6.67. The summed E-state index contributed by atoms with van der Waals surface area (Å²) in [5, 5.41) is 0. The fourth-order valence-electron chi connectivity index (χ4n) is 0.889. The summed E-state index contributed by atoms with van der Waals surface area (Å²) >= 11 is 1.83. The quantitative estimate of drug-likeness (QED) is 0.644. The van der Waals surface area contributed by atoms with Crippen LogP contribution in [0.4, 0.5) is 0 Å². The fourth-order valence-corrected chi connectivity index (χ4v) is 1.73. The molecule has 11 heavy (non-hydrogen) atoms. The van der Waals surface area contributed by atoms with Crippen LogP contribution in [-0.2, 0) is 4.79 Å². The summed E-state index contributed by atoms with van der Waals surface area (Å²) in [4.78, 5) is 12.0. The normalized spacial score (nSPS) is 16.3. The van der Waals surface area contributed by atoms with Crippen LogP contribution in [0.15, 0.2) is 23.1 Å². The van der Waals surface area contributed by atoms with E-state index in [4.69, 9.17) is 0 Å². The molecule has 2 heteroatoms. The first-order valence-electron chi connectivity index (χ1n) is 3.77. The summed E-state index contributed by atoms with van der Waals surface area (Å²) in [6, 6.07) is 0. The third-order valence-electron chi connectivity index (χ3n) is 1.51. The van der Waals surface area contributed by atoms with Gasteiger partial charge >= 0.3 is 0 Å². The number of Topliss-reactive ketones (excluding diaryl/α,β-unsaturated/α-hetero) is 1. The first kappa shape index (κ1) is 8.60. The molecule has 0 fully saturated rings. The maximum absolute atomic E-state index is 10.6. The van der Waals surface area contributed by atoms with E-state index >= 15 is 0 Å². The van der Waals surface area contributed by atoms with Gasteiger partial charge in [-0.2, -0.15) is 0 Å². The molecule has 0 spiro atoms. The van der Waals surface area contributed by atoms with Crippen molar-refractivity contribution in [2.75, 3.05) is 5.75 Å². The van der Waals surface area contributed by atoms with E-state index in [1.54, 1.807) is 6.92 Å². The van der Waals surface area contributed by atoms with Crippen LogP contribution in [0.2, 0.25) is 0 Å². The second kappa shape index (κ2) is 4.39. The molecule has 1 rings (SSSR count). The van der Waals surface area contributed by atoms with E-state index in [0.29, 0.717) is 6.42 Å². The van der Waals surface area contributed by atoms with Gasteiger partial charge in [0.1, 0.15) is 5.78 Å². The number of carbonyl (C=O) groups excluding carboxylic acids is 1. The Morgan fingerprint density at radius 1 is 1.73 bits per heavy atom. The molecule has 1 nitrogen and oxygen atoms in total. The van der Waals surface area contributed by atoms with Crippen LogP contribution in [0.5, 0.6) is 0 Å². The number of carbonyl (C=O) groups is 1. The lowest BCUT2D eigenvalue weighted by Gasteiger charge is -2.05. The van der Waals surface area contributed by atoms with Crippen LogP contribution in [0.3, 0.4) is 0 Å². The van der Waals surface area contributed by atoms with Crippen molar-refractivity contribution in [1.29, 1.82) is 0 Å². The summed E-state index contributed by atoms with van der Waals surface area (Å²) in [6.07, 6.45) is 7.89. The Labute approximate surface area is 71.6 Å². The van der Waals surface area contributed by atoms with Gasteiger partial charge in [0, 0.05) is 12.2 Å². The average Bonchev–Trinajstić information content (AvgIpc) is 2.03. The smallest absolute Gasteiger partial charge is 0.130 e. The second-order valence-corrected chi connectivity index (χ2v) is 3.72. The number of allylic oxidation sites excluding steroid dienone is 3. The first-order valence-corrected chi connectivity index (χ1v) is 4.75. The Kier molecular flexibility index (Phi) is 3.43. The van der Waals surface area contributed by atoms with Crippen LogP contribution >= 0.6 is 11.8 Å². The van der Waals surface area contributed by atoms with Gasteiger partial charge in [-0.05, 0) is 18.2 Å². The van der Waals surface area contributed by atoms with Crippen molar-refractivity contribution in [3.05, 3.63) is 23.1 Å². The summed E-state index contributed by atoms with van der Waals surface area (Å²) in [5.74, 6) is 1.34. The topological polar surface area (TPSA) is 17.1 Å². The van der Waals surface area contributed by atoms with Gasteiger partial charge in [-0.1, -0.05) is 18.2 Å². The average molecular weight is 168 g/mol. The number of ketones is 1. The number of hydrogen-bond donors (Lipinski definition) is 0. The van der Waals surface area contributed by atoms with Crippen LogP contribution in [0.25, 0.3) is 0 Å². The molecule has 1 aliphatic rings. The Hall–Kier alpha value is -0.500. The highest BCUT2D eigenvalue weighted by molar-refractivity contribution is 8.03. The Bertz CT molecular complexity index is 204. The minimum Gasteiger partial charge on any atom is -0.300 e. The van der Waals surface area contributed by atoms with Gasteiger partial charge < -0.3 is 4.79 Å². The van der Waals surface area contributed by atoms with E-state index in [1.165, 1.54) is 4.91 Å². The molecule has 0 saturated carbocycles. The van der Waals surface area contributed by atoms with Gasteiger partial charge in [0.2, 0.25) is 0 Å². The lowest BCUT2D eigenvalue weighted by molar-refractivity contribution is -0.116. The summed E-state index contributed by atoms with van der Waals surface area (Å²) < 4.78 is 0. The Morgan fingerprint density at radius 2 is 2.55 bits per heavy atom. The van der Waals surface area contributed by atoms with E-state index in [1.807, 2.05) is 11.8 Å². The molecule has 0 atom stereocenters. The van der Waals surface area contributed by atoms with Crippen molar-refractivity contribution < 1.29 is 4.79 Å². The second-order valence-electron chi connectivity index (χ2n) is 2.57. The molecule has 0 bridgehead atoms. The van der Waals surface area contributed by atoms with Crippen LogP contribution in [0.1, 0.15) is 19.8 Å². The number of rotatable bonds is 3. The summed E-state index contributed by atoms with van der Waals surface area (Å²) in [7, 11) is 0. The molecule has 60 valence electrons. The molecule has 0 unspecified atom stereocenters. The van der Waals surface area contributed by atoms with Gasteiger partial charge in [-0.25, -0.2) is 0 Å². The predicted octanol–water partition coefficient (Wildman–Crippen LogP) is 2.54. The molecule has 0 amide bonds. The number of thioether (sulfide) groups is 1. The van der Waals surface area contributed by atoms with E-state index in [0.717, 1.165) is 12.2 Å². The van der Waals surface area contributed by atoms with Crippen molar-refractivity contribution in [1.82, 2.24) is 0 Å². The van der Waals surface area contributed by atoms with E-state index in [2.05, 4.69) is 18.2 Å². The highest BCUT2D eigenvalue weighted by Crippen LogP contribution is 2.23. The van der Waals surface area contributed by atoms with Crippen molar-refractivity contribution >= 4 is 17.5 Å². The van der Waals surface area contributed by atoms with Gasteiger partial charge in [0.15, 0.2) is 0 Å². The molecule has 1 heterocycles. The largest absolute Gasteiger partial charge is 0.300 e. The first-order chi connectivity index (χ1) is 5.29. The predicted molar refractivity (Wildman–Crippen MR) is 49.6 cm³/mol. The van der Waals surface area contributed by atoms with Gasteiger partial charge in [0.25, 0.3) is 0 Å². The number of hydrogen-bond acceptors (Lipinski definition) is 2. The molecular formula is C9H12OS. The van der Waals surface area contributed by atoms with Gasteiger partial charge in [0.05, 0.1) is 0 Å². The van der Waals surface area contributed by atoms with Crippen LogP contribution in [-0.4, -0.2) is 11.5 Å². The standard InChI is InChI=1S/C9H12OS/c1-8(10)5-6-9-4-2-3-7-11-9/h2-4H,5-7H2,1H3. The van der Waals surface area contributed by atoms with Gasteiger partial charge in [-0.3, -0.25) is 0 Å². The van der Waals surface area contributed by atoms with Crippen molar-refractivity contribution in [2.45, 2.75) is 19.8 Å². The van der Waals surface area contributed by atoms with Crippen molar-refractivity contribution in [2.24, 2.45) is 0 Å². The minimum atomic E-state index is 0.279. The molecule has 0 radical (unpaired) electrons. The lowest BCUT2D eigenvalue weighted by Crippen LogP contribution is -1.91. The zero-order valence-corrected chi connectivity index (χ0v) is 7.49. The third kappa shape index (κ3) is 3.42. The molecular weight excluding hydrogens is 156 g/mol. The summed E-state index contributed by atoms with van der Waals surface area (Å²) in [5.41, 5.74) is 0. The molecule has 0 N–H and O–H groups in total. The SMILES string of the molecule is CC(=O)CCC1=CC=CCS1. The maximum atomic E-state index is 10.6. The van der Waals surface area contributed by atoms with E-state index in [-0.39, 0.29) is 5.78 Å². The highest BCUT2D eigenvalue weighted by atomic mass is 32.2. The zero-order chi connectivity index (χ0) is 8.10. The van der Waals surface area contributed by atoms with Crippen molar-refractivity contribution in [3.63, 3.8) is 0 Å². The van der Waals surface area contributed by atoms with Gasteiger partial charge in [-0.15, -0.1) is 11.8 Å². The Morgan fingerprint density at radius 3 is 3.09 bits per heavy atom. The molecule has 0 saturated heterocycles. The van der Waals surface area contributed by atoms with Crippen molar-refractivity contribution in [3.8, 4) is 0 Å². The van der Waals surface area contributed by atoms with Crippen LogP contribution in [0, 0.1) is 0 Å². The molecule has 0 aromatic carbocycles. The molecule has 0 aromatic heterocycles. The highest BCUT2D eigenvalue weighted by Gasteiger charge is 2.01. The monoisotopic (exact) mass is 168 g/mol. The fraction of sp³-hybridized carbons (Fsp3) is 0.444. The minimum absolute atomic E-state index is 0.279. The Balaban J connectivity index is 2.31. The molecule has 1 aliphatic heterocycles. The van der Waals surface area contributed by atoms with Crippen LogP contribution < -0.4 is 0 Å². The molecule has 0 aromatic rings.